The topological polar surface area (TPSA) is 59.1 Å². The highest BCUT2D eigenvalue weighted by atomic mass is 16.2. The Morgan fingerprint density at radius 2 is 2.24 bits per heavy atom. The number of aldehydes is 1. The molecule has 0 radical (unpaired) electrons. The van der Waals surface area contributed by atoms with Crippen LogP contribution >= 0.6 is 0 Å². The smallest absolute Gasteiger partial charge is 0.231 e. The number of amides is 1. The fraction of sp³-hybridized carbons (Fsp3) is 0.308. The minimum Gasteiger partial charge on any atom is -0.310 e. The van der Waals surface area contributed by atoms with Gasteiger partial charge in [0, 0.05) is 11.6 Å². The summed E-state index contributed by atoms with van der Waals surface area (Å²) in [6, 6.07) is 1.95. The highest BCUT2D eigenvalue weighted by Crippen LogP contribution is 2.32. The van der Waals surface area contributed by atoms with Crippen LogP contribution in [-0.4, -0.2) is 17.2 Å². The van der Waals surface area contributed by atoms with Gasteiger partial charge in [0.2, 0.25) is 5.91 Å². The van der Waals surface area contributed by atoms with E-state index in [1.807, 2.05) is 19.9 Å². The molecule has 0 saturated heterocycles. The minimum atomic E-state index is -0.415. The van der Waals surface area contributed by atoms with Gasteiger partial charge in [-0.05, 0) is 29.7 Å². The predicted octanol–water partition coefficient (Wildman–Crippen LogP) is 1.81. The predicted molar refractivity (Wildman–Crippen MR) is 65.4 cm³/mol. The van der Waals surface area contributed by atoms with Gasteiger partial charge >= 0.3 is 0 Å². The van der Waals surface area contributed by atoms with Crippen molar-refractivity contribution >= 4 is 24.1 Å². The maximum absolute atomic E-state index is 11.7. The van der Waals surface area contributed by atoms with Gasteiger partial charge in [0.15, 0.2) is 0 Å². The highest BCUT2D eigenvalue weighted by molar-refractivity contribution is 5.97. The summed E-state index contributed by atoms with van der Waals surface area (Å²) in [5.41, 5.74) is 1.45. The molecule has 88 valence electrons. The zero-order valence-corrected chi connectivity index (χ0v) is 9.86. The molecule has 0 aliphatic carbocycles. The maximum Gasteiger partial charge on any atom is 0.231 e. The third-order valence-electron chi connectivity index (χ3n) is 2.83. The molecular formula is C13H14N2O2. The number of allylic oxidation sites excluding steroid dienone is 1. The van der Waals surface area contributed by atoms with Gasteiger partial charge in [0.05, 0.1) is 0 Å². The summed E-state index contributed by atoms with van der Waals surface area (Å²) in [7, 11) is 0. The largest absolute Gasteiger partial charge is 0.310 e. The molecule has 0 fully saturated rings. The van der Waals surface area contributed by atoms with Gasteiger partial charge in [0.1, 0.15) is 12.1 Å². The van der Waals surface area contributed by atoms with Gasteiger partial charge in [-0.25, -0.2) is 4.98 Å². The molecule has 0 atom stereocenters. The van der Waals surface area contributed by atoms with E-state index in [9.17, 15) is 9.59 Å². The van der Waals surface area contributed by atoms with Crippen molar-refractivity contribution < 1.29 is 9.59 Å². The van der Waals surface area contributed by atoms with E-state index in [-0.39, 0.29) is 5.91 Å². The first kappa shape index (κ1) is 11.5. The summed E-state index contributed by atoms with van der Waals surface area (Å²) in [6.07, 6.45) is 6.15. The van der Waals surface area contributed by atoms with Crippen molar-refractivity contribution in [2.24, 2.45) is 5.41 Å². The number of carbonyl (C=O) groups excluding carboxylic acids is 2. The van der Waals surface area contributed by atoms with E-state index in [0.29, 0.717) is 12.2 Å². The van der Waals surface area contributed by atoms with Gasteiger partial charge in [-0.15, -0.1) is 0 Å². The Hall–Kier alpha value is -1.97. The van der Waals surface area contributed by atoms with Crippen LogP contribution in [0.15, 0.2) is 18.3 Å². The third kappa shape index (κ3) is 2.25. The number of hydrogen-bond donors (Lipinski definition) is 1. The lowest BCUT2D eigenvalue weighted by molar-refractivity contribution is -0.124. The SMILES string of the molecule is CC1(C)Cc2cc(/C=C/C=O)cnc2NC1=O. The van der Waals surface area contributed by atoms with Crippen molar-refractivity contribution in [2.45, 2.75) is 20.3 Å². The Morgan fingerprint density at radius 1 is 1.47 bits per heavy atom. The number of hydrogen-bond acceptors (Lipinski definition) is 3. The first-order valence-electron chi connectivity index (χ1n) is 5.45. The van der Waals surface area contributed by atoms with Crippen molar-refractivity contribution in [1.82, 2.24) is 4.98 Å². The van der Waals surface area contributed by atoms with E-state index in [1.54, 1.807) is 12.3 Å². The van der Waals surface area contributed by atoms with Crippen molar-refractivity contribution in [1.29, 1.82) is 0 Å². The van der Waals surface area contributed by atoms with E-state index >= 15 is 0 Å². The fourth-order valence-electron chi connectivity index (χ4n) is 1.85. The molecule has 1 aromatic rings. The summed E-state index contributed by atoms with van der Waals surface area (Å²) < 4.78 is 0. The van der Waals surface area contributed by atoms with Gasteiger partial charge in [-0.2, -0.15) is 0 Å². The van der Waals surface area contributed by atoms with Crippen molar-refractivity contribution in [3.8, 4) is 0 Å². The zero-order chi connectivity index (χ0) is 12.5. The number of fused-ring (bicyclic) bond motifs is 1. The monoisotopic (exact) mass is 230 g/mol. The molecule has 2 rings (SSSR count). The molecule has 1 N–H and O–H groups in total. The van der Waals surface area contributed by atoms with Crippen LogP contribution < -0.4 is 5.32 Å². The van der Waals surface area contributed by atoms with Gasteiger partial charge in [-0.1, -0.05) is 19.9 Å². The molecular weight excluding hydrogens is 216 g/mol. The van der Waals surface area contributed by atoms with Gasteiger partial charge in [-0.3, -0.25) is 9.59 Å². The maximum atomic E-state index is 11.7. The van der Waals surface area contributed by atoms with E-state index in [4.69, 9.17) is 0 Å². The molecule has 0 bridgehead atoms. The Balaban J connectivity index is 2.37. The molecule has 1 amide bonds. The fourth-order valence-corrected chi connectivity index (χ4v) is 1.85. The Morgan fingerprint density at radius 3 is 2.94 bits per heavy atom. The first-order chi connectivity index (χ1) is 8.03. The van der Waals surface area contributed by atoms with Crippen LogP contribution in [0.25, 0.3) is 6.08 Å². The minimum absolute atomic E-state index is 0.00585. The second-order valence-electron chi connectivity index (χ2n) is 4.79. The average molecular weight is 230 g/mol. The summed E-state index contributed by atoms with van der Waals surface area (Å²) >= 11 is 0. The number of anilines is 1. The molecule has 1 aromatic heterocycles. The second-order valence-corrected chi connectivity index (χ2v) is 4.79. The number of nitrogens with one attached hydrogen (secondary N) is 1. The second kappa shape index (κ2) is 4.13. The van der Waals surface area contributed by atoms with Crippen LogP contribution in [0.3, 0.4) is 0 Å². The quantitative estimate of drug-likeness (QED) is 0.622. The molecule has 4 nitrogen and oxygen atoms in total. The van der Waals surface area contributed by atoms with Crippen LogP contribution in [0.2, 0.25) is 0 Å². The third-order valence-corrected chi connectivity index (χ3v) is 2.83. The molecule has 2 heterocycles. The lowest BCUT2D eigenvalue weighted by Gasteiger charge is -2.29. The van der Waals surface area contributed by atoms with Crippen molar-refractivity contribution in [2.75, 3.05) is 5.32 Å². The Bertz CT molecular complexity index is 504. The zero-order valence-electron chi connectivity index (χ0n) is 9.86. The van der Waals surface area contributed by atoms with Crippen LogP contribution in [0.4, 0.5) is 5.82 Å². The molecule has 17 heavy (non-hydrogen) atoms. The number of aromatic nitrogens is 1. The molecule has 4 heteroatoms. The van der Waals surface area contributed by atoms with Crippen LogP contribution in [0.5, 0.6) is 0 Å². The molecule has 1 aliphatic rings. The first-order valence-corrected chi connectivity index (χ1v) is 5.45. The highest BCUT2D eigenvalue weighted by Gasteiger charge is 2.33. The van der Waals surface area contributed by atoms with E-state index < -0.39 is 5.41 Å². The Kier molecular flexibility index (Phi) is 2.79. The number of carbonyl (C=O) groups is 2. The van der Waals surface area contributed by atoms with Crippen LogP contribution in [-0.2, 0) is 16.0 Å². The van der Waals surface area contributed by atoms with Crippen molar-refractivity contribution in [3.63, 3.8) is 0 Å². The summed E-state index contributed by atoms with van der Waals surface area (Å²) in [6.45, 7) is 3.80. The Labute approximate surface area is 99.7 Å². The van der Waals surface area contributed by atoms with E-state index in [2.05, 4.69) is 10.3 Å². The number of nitrogens with zero attached hydrogens (tertiary/aromatic N) is 1. The normalized spacial score (nSPS) is 17.6. The standard InChI is InChI=1S/C13H14N2O2/c1-13(2)7-10-6-9(4-3-5-16)8-14-11(10)15-12(13)17/h3-6,8H,7H2,1-2H3,(H,14,15,17)/b4-3+. The number of pyridine rings is 1. The van der Waals surface area contributed by atoms with E-state index in [0.717, 1.165) is 17.4 Å². The van der Waals surface area contributed by atoms with E-state index in [1.165, 1.54) is 6.08 Å². The molecule has 0 spiro atoms. The molecule has 1 aliphatic heterocycles. The molecule has 0 unspecified atom stereocenters. The summed E-state index contributed by atoms with van der Waals surface area (Å²) in [4.78, 5) is 26.2. The van der Waals surface area contributed by atoms with Crippen LogP contribution in [0.1, 0.15) is 25.0 Å². The summed E-state index contributed by atoms with van der Waals surface area (Å²) in [5.74, 6) is 0.617. The molecule has 0 aromatic carbocycles. The van der Waals surface area contributed by atoms with Gasteiger partial charge < -0.3 is 5.32 Å². The van der Waals surface area contributed by atoms with Crippen molar-refractivity contribution in [3.05, 3.63) is 29.5 Å². The van der Waals surface area contributed by atoms with Gasteiger partial charge in [0.25, 0.3) is 0 Å². The number of rotatable bonds is 2. The molecule has 0 saturated carbocycles. The lowest BCUT2D eigenvalue weighted by Crippen LogP contribution is -2.37. The summed E-state index contributed by atoms with van der Waals surface area (Å²) in [5, 5.41) is 2.79. The lowest BCUT2D eigenvalue weighted by atomic mass is 9.82. The van der Waals surface area contributed by atoms with Crippen LogP contribution in [0, 0.1) is 5.41 Å². The average Bonchev–Trinajstić information content (AvgIpc) is 2.27.